The summed E-state index contributed by atoms with van der Waals surface area (Å²) in [6.45, 7) is 3.21. The van der Waals surface area contributed by atoms with Crippen molar-refractivity contribution in [1.29, 1.82) is 0 Å². The van der Waals surface area contributed by atoms with Gasteiger partial charge in [-0.15, -0.1) is 0 Å². The molecule has 1 atom stereocenters. The molecule has 14 heavy (non-hydrogen) atoms. The van der Waals surface area contributed by atoms with Crippen LogP contribution in [0, 0.1) is 5.92 Å². The summed E-state index contributed by atoms with van der Waals surface area (Å²) in [5, 5.41) is 3.51. The van der Waals surface area contributed by atoms with E-state index in [9.17, 15) is 0 Å². The van der Waals surface area contributed by atoms with E-state index in [0.29, 0.717) is 6.04 Å². The van der Waals surface area contributed by atoms with Crippen LogP contribution in [0.15, 0.2) is 11.6 Å². The molecule has 0 aromatic heterocycles. The fourth-order valence-corrected chi connectivity index (χ4v) is 2.37. The van der Waals surface area contributed by atoms with Gasteiger partial charge in [-0.1, -0.05) is 43.4 Å². The third-order valence-corrected chi connectivity index (χ3v) is 3.43. The van der Waals surface area contributed by atoms with Crippen LogP contribution in [0.5, 0.6) is 0 Å². The molecule has 2 heteroatoms. The fourth-order valence-electron chi connectivity index (χ4n) is 2.28. The number of hydrogen-bond donors (Lipinski definition) is 1. The molecular weight excluding hydrogens is 194 g/mol. The highest BCUT2D eigenvalue weighted by Crippen LogP contribution is 2.25. The molecule has 1 fully saturated rings. The van der Waals surface area contributed by atoms with Crippen LogP contribution in [0.2, 0.25) is 0 Å². The Balaban J connectivity index is 2.23. The van der Waals surface area contributed by atoms with Crippen molar-refractivity contribution in [2.75, 3.05) is 6.54 Å². The summed E-state index contributed by atoms with van der Waals surface area (Å²) in [5.41, 5.74) is 1.59. The van der Waals surface area contributed by atoms with E-state index in [1.165, 1.54) is 38.5 Å². The standard InChI is InChI=1S/C12H22ClN/c1-11(14-10-6-9-13)12-7-4-2-3-5-8-12/h6,9,11-12,14H,2-5,7-8,10H2,1H3/b9-6+/t11-/m1/s1. The van der Waals surface area contributed by atoms with Crippen molar-refractivity contribution in [2.24, 2.45) is 5.92 Å². The van der Waals surface area contributed by atoms with Crippen LogP contribution in [-0.4, -0.2) is 12.6 Å². The zero-order valence-corrected chi connectivity index (χ0v) is 9.89. The van der Waals surface area contributed by atoms with Crippen LogP contribution in [0.4, 0.5) is 0 Å². The number of rotatable bonds is 4. The first-order chi connectivity index (χ1) is 6.84. The van der Waals surface area contributed by atoms with Crippen molar-refractivity contribution in [2.45, 2.75) is 51.5 Å². The van der Waals surface area contributed by atoms with Crippen molar-refractivity contribution < 1.29 is 0 Å². The second kappa shape index (κ2) is 7.30. The molecule has 1 saturated carbocycles. The highest BCUT2D eigenvalue weighted by atomic mass is 35.5. The Morgan fingerprint density at radius 2 is 1.93 bits per heavy atom. The van der Waals surface area contributed by atoms with Crippen molar-refractivity contribution in [1.82, 2.24) is 5.32 Å². The number of halogens is 1. The van der Waals surface area contributed by atoms with Crippen LogP contribution >= 0.6 is 11.6 Å². The first-order valence-corrected chi connectivity index (χ1v) is 6.27. The first kappa shape index (κ1) is 12.1. The minimum absolute atomic E-state index is 0.640. The van der Waals surface area contributed by atoms with Gasteiger partial charge in [0.2, 0.25) is 0 Å². The Morgan fingerprint density at radius 1 is 1.29 bits per heavy atom. The zero-order chi connectivity index (χ0) is 10.2. The molecule has 0 bridgehead atoms. The highest BCUT2D eigenvalue weighted by Gasteiger charge is 2.17. The van der Waals surface area contributed by atoms with E-state index in [0.717, 1.165) is 12.5 Å². The molecule has 0 aliphatic heterocycles. The van der Waals surface area contributed by atoms with Gasteiger partial charge in [-0.2, -0.15) is 0 Å². The molecule has 0 unspecified atom stereocenters. The maximum atomic E-state index is 5.48. The molecule has 0 aromatic carbocycles. The minimum Gasteiger partial charge on any atom is -0.310 e. The third-order valence-electron chi connectivity index (χ3n) is 3.25. The molecular formula is C12H22ClN. The van der Waals surface area contributed by atoms with Gasteiger partial charge in [0.1, 0.15) is 0 Å². The van der Waals surface area contributed by atoms with E-state index in [-0.39, 0.29) is 0 Å². The number of nitrogens with one attached hydrogen (secondary N) is 1. The molecule has 1 nitrogen and oxygen atoms in total. The van der Waals surface area contributed by atoms with Crippen molar-refractivity contribution >= 4 is 11.6 Å². The largest absolute Gasteiger partial charge is 0.310 e. The van der Waals surface area contributed by atoms with Gasteiger partial charge in [-0.05, 0) is 25.7 Å². The maximum absolute atomic E-state index is 5.48. The molecule has 0 radical (unpaired) electrons. The van der Waals surface area contributed by atoms with Gasteiger partial charge >= 0.3 is 0 Å². The molecule has 0 heterocycles. The van der Waals surface area contributed by atoms with E-state index in [1.54, 1.807) is 5.54 Å². The van der Waals surface area contributed by atoms with E-state index < -0.39 is 0 Å². The Kier molecular flexibility index (Phi) is 6.29. The van der Waals surface area contributed by atoms with Crippen molar-refractivity contribution in [3.05, 3.63) is 11.6 Å². The van der Waals surface area contributed by atoms with Crippen LogP contribution < -0.4 is 5.32 Å². The maximum Gasteiger partial charge on any atom is 0.0149 e. The van der Waals surface area contributed by atoms with Gasteiger partial charge in [0.15, 0.2) is 0 Å². The summed E-state index contributed by atoms with van der Waals surface area (Å²) in [6, 6.07) is 0.640. The average molecular weight is 216 g/mol. The lowest BCUT2D eigenvalue weighted by Crippen LogP contribution is -2.33. The average Bonchev–Trinajstić information content (AvgIpc) is 2.46. The van der Waals surface area contributed by atoms with Crippen LogP contribution in [0.3, 0.4) is 0 Å². The Hall–Kier alpha value is -0.0100. The Bertz CT molecular complexity index is 160. The zero-order valence-electron chi connectivity index (χ0n) is 9.14. The van der Waals surface area contributed by atoms with Gasteiger partial charge in [-0.25, -0.2) is 0 Å². The monoisotopic (exact) mass is 215 g/mol. The lowest BCUT2D eigenvalue weighted by Gasteiger charge is -2.22. The topological polar surface area (TPSA) is 12.0 Å². The fraction of sp³-hybridized carbons (Fsp3) is 0.833. The van der Waals surface area contributed by atoms with E-state index in [2.05, 4.69) is 12.2 Å². The quantitative estimate of drug-likeness (QED) is 0.706. The van der Waals surface area contributed by atoms with Gasteiger partial charge in [0, 0.05) is 18.1 Å². The first-order valence-electron chi connectivity index (χ1n) is 5.83. The Morgan fingerprint density at radius 3 is 2.50 bits per heavy atom. The summed E-state index contributed by atoms with van der Waals surface area (Å²) < 4.78 is 0. The van der Waals surface area contributed by atoms with E-state index in [4.69, 9.17) is 11.6 Å². The normalized spacial score (nSPS) is 22.4. The molecule has 1 aliphatic rings. The summed E-state index contributed by atoms with van der Waals surface area (Å²) in [5.74, 6) is 0.876. The predicted molar refractivity (Wildman–Crippen MR) is 63.6 cm³/mol. The molecule has 0 saturated heterocycles. The smallest absolute Gasteiger partial charge is 0.0149 e. The second-order valence-corrected chi connectivity index (χ2v) is 4.56. The lowest BCUT2D eigenvalue weighted by molar-refractivity contribution is 0.347. The van der Waals surface area contributed by atoms with Crippen LogP contribution in [-0.2, 0) is 0 Å². The van der Waals surface area contributed by atoms with Crippen LogP contribution in [0.1, 0.15) is 45.4 Å². The molecule has 1 rings (SSSR count). The van der Waals surface area contributed by atoms with Crippen molar-refractivity contribution in [3.8, 4) is 0 Å². The van der Waals surface area contributed by atoms with Gasteiger partial charge < -0.3 is 5.32 Å². The number of hydrogen-bond acceptors (Lipinski definition) is 1. The summed E-state index contributed by atoms with van der Waals surface area (Å²) in [6.07, 6.45) is 10.5. The molecule has 1 N–H and O–H groups in total. The summed E-state index contributed by atoms with van der Waals surface area (Å²) in [4.78, 5) is 0. The SMILES string of the molecule is C[C@@H](NC/C=C/Cl)C1CCCCCC1. The highest BCUT2D eigenvalue weighted by molar-refractivity contribution is 6.25. The lowest BCUT2D eigenvalue weighted by atomic mass is 9.93. The summed E-state index contributed by atoms with van der Waals surface area (Å²) >= 11 is 5.48. The third kappa shape index (κ3) is 4.47. The molecule has 0 amide bonds. The van der Waals surface area contributed by atoms with E-state index >= 15 is 0 Å². The van der Waals surface area contributed by atoms with Crippen LogP contribution in [0.25, 0.3) is 0 Å². The molecule has 0 spiro atoms. The van der Waals surface area contributed by atoms with Gasteiger partial charge in [0.05, 0.1) is 0 Å². The Labute approximate surface area is 92.9 Å². The summed E-state index contributed by atoms with van der Waals surface area (Å²) in [7, 11) is 0. The molecule has 1 aliphatic carbocycles. The van der Waals surface area contributed by atoms with E-state index in [1.807, 2.05) is 6.08 Å². The van der Waals surface area contributed by atoms with Gasteiger partial charge in [-0.3, -0.25) is 0 Å². The van der Waals surface area contributed by atoms with Crippen molar-refractivity contribution in [3.63, 3.8) is 0 Å². The minimum atomic E-state index is 0.640. The molecule has 82 valence electrons. The second-order valence-electron chi connectivity index (χ2n) is 4.31. The predicted octanol–water partition coefficient (Wildman–Crippen LogP) is 3.69. The van der Waals surface area contributed by atoms with Gasteiger partial charge in [0.25, 0.3) is 0 Å². The molecule has 0 aromatic rings.